The molecule has 2 rings (SSSR count). The molecule has 0 aliphatic heterocycles. The molecule has 0 fully saturated rings. The highest BCUT2D eigenvalue weighted by molar-refractivity contribution is 7.18. The lowest BCUT2D eigenvalue weighted by Gasteiger charge is -2.04. The maximum Gasteiger partial charge on any atom is 0.138 e. The van der Waals surface area contributed by atoms with Crippen molar-refractivity contribution < 1.29 is 0 Å². The van der Waals surface area contributed by atoms with Crippen LogP contribution in [0, 0.1) is 0 Å². The number of nitrogens with zero attached hydrogens (tertiary/aromatic N) is 2. The van der Waals surface area contributed by atoms with Gasteiger partial charge in [0, 0.05) is 17.3 Å². The summed E-state index contributed by atoms with van der Waals surface area (Å²) in [5.74, 6) is 1.67. The van der Waals surface area contributed by atoms with Crippen molar-refractivity contribution in [2.45, 2.75) is 26.2 Å². The molecule has 5 heteroatoms. The molecule has 2 heterocycles. The van der Waals surface area contributed by atoms with Crippen molar-refractivity contribution in [1.29, 1.82) is 0 Å². The minimum atomic E-state index is 0.722. The first-order chi connectivity index (χ1) is 8.35. The zero-order chi connectivity index (χ0) is 12.1. The second-order valence-corrected chi connectivity index (χ2v) is 5.32. The molecule has 0 spiro atoms. The van der Waals surface area contributed by atoms with E-state index in [9.17, 15) is 0 Å². The average Bonchev–Trinajstić information content (AvgIpc) is 2.78. The summed E-state index contributed by atoms with van der Waals surface area (Å²) in [6.07, 6.45) is 4.78. The summed E-state index contributed by atoms with van der Waals surface area (Å²) in [5, 5.41) is 4.50. The molecule has 0 aliphatic rings. The summed E-state index contributed by atoms with van der Waals surface area (Å²) in [5.41, 5.74) is 0. The van der Waals surface area contributed by atoms with Crippen molar-refractivity contribution in [2.24, 2.45) is 0 Å². The van der Waals surface area contributed by atoms with Crippen molar-refractivity contribution in [1.82, 2.24) is 9.97 Å². The van der Waals surface area contributed by atoms with E-state index in [4.69, 9.17) is 11.6 Å². The first-order valence-corrected chi connectivity index (χ1v) is 7.23. The molecule has 92 valence electrons. The van der Waals surface area contributed by atoms with E-state index in [1.807, 2.05) is 0 Å². The second kappa shape index (κ2) is 6.17. The number of aromatic nitrogens is 2. The van der Waals surface area contributed by atoms with Crippen molar-refractivity contribution in [3.63, 3.8) is 0 Å². The molecule has 0 aromatic carbocycles. The molecule has 0 radical (unpaired) electrons. The Balaban J connectivity index is 2.13. The second-order valence-electron chi connectivity index (χ2n) is 3.83. The van der Waals surface area contributed by atoms with Gasteiger partial charge in [-0.3, -0.25) is 0 Å². The predicted molar refractivity (Wildman–Crippen MR) is 75.2 cm³/mol. The lowest BCUT2D eigenvalue weighted by Crippen LogP contribution is -2.03. The molecule has 1 N–H and O–H groups in total. The van der Waals surface area contributed by atoms with Gasteiger partial charge in [-0.05, 0) is 25.3 Å². The van der Waals surface area contributed by atoms with Crippen LogP contribution in [0.15, 0.2) is 12.4 Å². The Morgan fingerprint density at radius 3 is 3.00 bits per heavy atom. The molecule has 3 nitrogen and oxygen atoms in total. The monoisotopic (exact) mass is 269 g/mol. The predicted octanol–water partition coefficient (Wildman–Crippen LogP) is 3.68. The molecular formula is C12H16ClN3S. The molecule has 0 atom stereocenters. The SMILES string of the molecule is CCc1cc2c(NCCCCCl)ncnc2s1. The molecule has 0 bridgehead atoms. The van der Waals surface area contributed by atoms with Crippen LogP contribution < -0.4 is 5.32 Å². The number of unbranched alkanes of at least 4 members (excludes halogenated alkanes) is 1. The molecule has 0 aliphatic carbocycles. The smallest absolute Gasteiger partial charge is 0.138 e. The quantitative estimate of drug-likeness (QED) is 0.642. The Bertz CT molecular complexity index is 484. The van der Waals surface area contributed by atoms with Crippen LogP contribution in [-0.4, -0.2) is 22.4 Å². The minimum absolute atomic E-state index is 0.722. The Kier molecular flexibility index (Phi) is 4.57. The maximum absolute atomic E-state index is 5.65. The number of nitrogens with one attached hydrogen (secondary N) is 1. The fraction of sp³-hybridized carbons (Fsp3) is 0.500. The Labute approximate surface area is 110 Å². The molecule has 0 saturated heterocycles. The highest BCUT2D eigenvalue weighted by atomic mass is 35.5. The van der Waals surface area contributed by atoms with Crippen molar-refractivity contribution in [2.75, 3.05) is 17.7 Å². The van der Waals surface area contributed by atoms with Crippen molar-refractivity contribution in [3.05, 3.63) is 17.3 Å². The normalized spacial score (nSPS) is 10.9. The van der Waals surface area contributed by atoms with Crippen LogP contribution in [0.3, 0.4) is 0 Å². The number of thiophene rings is 1. The van der Waals surface area contributed by atoms with Gasteiger partial charge in [-0.1, -0.05) is 6.92 Å². The lowest BCUT2D eigenvalue weighted by atomic mass is 10.3. The maximum atomic E-state index is 5.65. The van der Waals surface area contributed by atoms with Crippen LogP contribution >= 0.6 is 22.9 Å². The van der Waals surface area contributed by atoms with Crippen LogP contribution in [0.4, 0.5) is 5.82 Å². The van der Waals surface area contributed by atoms with Crippen molar-refractivity contribution >= 4 is 39.0 Å². The van der Waals surface area contributed by atoms with E-state index in [0.29, 0.717) is 0 Å². The average molecular weight is 270 g/mol. The van der Waals surface area contributed by atoms with Gasteiger partial charge in [0.25, 0.3) is 0 Å². The van der Waals surface area contributed by atoms with E-state index < -0.39 is 0 Å². The third kappa shape index (κ3) is 3.07. The van der Waals surface area contributed by atoms with Gasteiger partial charge in [0.1, 0.15) is 17.0 Å². The van der Waals surface area contributed by atoms with E-state index in [0.717, 1.165) is 47.7 Å². The Hall–Kier alpha value is -0.870. The van der Waals surface area contributed by atoms with Crippen molar-refractivity contribution in [3.8, 4) is 0 Å². The number of fused-ring (bicyclic) bond motifs is 1. The van der Waals surface area contributed by atoms with Gasteiger partial charge in [0.15, 0.2) is 0 Å². The summed E-state index contributed by atoms with van der Waals surface area (Å²) in [6, 6.07) is 2.18. The standard InChI is InChI=1S/C12H16ClN3S/c1-2-9-7-10-11(14-6-4-3-5-13)15-8-16-12(10)17-9/h7-8H,2-6H2,1H3,(H,14,15,16). The summed E-state index contributed by atoms with van der Waals surface area (Å²) in [7, 11) is 0. The van der Waals surface area contributed by atoms with Crippen LogP contribution in [0.2, 0.25) is 0 Å². The van der Waals surface area contributed by atoms with Crippen LogP contribution in [0.25, 0.3) is 10.2 Å². The molecule has 0 unspecified atom stereocenters. The summed E-state index contributed by atoms with van der Waals surface area (Å²) >= 11 is 7.39. The molecule has 0 saturated carbocycles. The van der Waals surface area contributed by atoms with Gasteiger partial charge in [0.05, 0.1) is 5.39 Å². The topological polar surface area (TPSA) is 37.8 Å². The Morgan fingerprint density at radius 2 is 2.24 bits per heavy atom. The highest BCUT2D eigenvalue weighted by Crippen LogP contribution is 2.28. The molecule has 2 aromatic heterocycles. The third-order valence-corrected chi connectivity index (χ3v) is 4.04. The number of aryl methyl sites for hydroxylation is 1. The van der Waals surface area contributed by atoms with E-state index >= 15 is 0 Å². The number of alkyl halides is 1. The van der Waals surface area contributed by atoms with E-state index in [1.165, 1.54) is 4.88 Å². The van der Waals surface area contributed by atoms with E-state index in [2.05, 4.69) is 28.3 Å². The number of hydrogen-bond donors (Lipinski definition) is 1. The van der Waals surface area contributed by atoms with Crippen LogP contribution in [0.5, 0.6) is 0 Å². The number of rotatable bonds is 6. The van der Waals surface area contributed by atoms with Gasteiger partial charge in [0.2, 0.25) is 0 Å². The number of halogens is 1. The summed E-state index contributed by atoms with van der Waals surface area (Å²) in [6.45, 7) is 3.07. The fourth-order valence-electron chi connectivity index (χ4n) is 1.65. The van der Waals surface area contributed by atoms with Gasteiger partial charge >= 0.3 is 0 Å². The van der Waals surface area contributed by atoms with Crippen LogP contribution in [-0.2, 0) is 6.42 Å². The lowest BCUT2D eigenvalue weighted by molar-refractivity contribution is 0.837. The molecular weight excluding hydrogens is 254 g/mol. The van der Waals surface area contributed by atoms with E-state index in [-0.39, 0.29) is 0 Å². The molecule has 0 amide bonds. The molecule has 2 aromatic rings. The Morgan fingerprint density at radius 1 is 1.35 bits per heavy atom. The molecule has 17 heavy (non-hydrogen) atoms. The first-order valence-electron chi connectivity index (χ1n) is 5.88. The summed E-state index contributed by atoms with van der Waals surface area (Å²) < 4.78 is 0. The van der Waals surface area contributed by atoms with Crippen LogP contribution in [0.1, 0.15) is 24.6 Å². The van der Waals surface area contributed by atoms with Gasteiger partial charge in [-0.2, -0.15) is 0 Å². The van der Waals surface area contributed by atoms with E-state index in [1.54, 1.807) is 17.7 Å². The zero-order valence-corrected chi connectivity index (χ0v) is 11.4. The third-order valence-electron chi connectivity index (χ3n) is 2.58. The first kappa shape index (κ1) is 12.6. The minimum Gasteiger partial charge on any atom is -0.369 e. The largest absolute Gasteiger partial charge is 0.369 e. The van der Waals surface area contributed by atoms with Gasteiger partial charge in [-0.25, -0.2) is 9.97 Å². The summed E-state index contributed by atoms with van der Waals surface area (Å²) in [4.78, 5) is 11.0. The highest BCUT2D eigenvalue weighted by Gasteiger charge is 2.07. The van der Waals surface area contributed by atoms with Gasteiger partial charge < -0.3 is 5.32 Å². The number of anilines is 1. The fourth-order valence-corrected chi connectivity index (χ4v) is 2.77. The zero-order valence-electron chi connectivity index (χ0n) is 9.87. The van der Waals surface area contributed by atoms with Gasteiger partial charge in [-0.15, -0.1) is 22.9 Å². The number of hydrogen-bond acceptors (Lipinski definition) is 4.